The van der Waals surface area contributed by atoms with Crippen LogP contribution < -0.4 is 0 Å². The van der Waals surface area contributed by atoms with E-state index >= 15 is 0 Å². The minimum atomic E-state index is -2.40. The van der Waals surface area contributed by atoms with E-state index in [0.717, 1.165) is 0 Å². The van der Waals surface area contributed by atoms with Gasteiger partial charge in [0.2, 0.25) is 0 Å². The molecule has 46 valence electrons. The molecule has 0 amide bonds. The predicted molar refractivity (Wildman–Crippen MR) is 30.8 cm³/mol. The van der Waals surface area contributed by atoms with E-state index in [2.05, 4.69) is 9.72 Å². The van der Waals surface area contributed by atoms with Gasteiger partial charge in [0.05, 0.1) is 0 Å². The van der Waals surface area contributed by atoms with Gasteiger partial charge in [-0.2, -0.15) is 9.72 Å². The fourth-order valence-electron chi connectivity index (χ4n) is 0.0137. The molecule has 0 spiro atoms. The third-order valence-electron chi connectivity index (χ3n) is 0.152. The quantitative estimate of drug-likeness (QED) is 0.570. The van der Waals surface area contributed by atoms with Crippen molar-refractivity contribution in [3.8, 4) is 0 Å². The maximum atomic E-state index is 10.3. The third kappa shape index (κ3) is 10.8. The first kappa shape index (κ1) is 16.5. The standard InChI is InChI=1S/Al.BF2HO3.Ba.5H/c;2-5-1(4)6-3;;;;;;/h;4H;;;;;;. The van der Waals surface area contributed by atoms with E-state index in [4.69, 9.17) is 5.02 Å². The Kier molecular flexibility index (Phi) is 24.0. The summed E-state index contributed by atoms with van der Waals surface area (Å²) < 4.78 is 20.5. The molecule has 8 heteroatoms. The van der Waals surface area contributed by atoms with Crippen molar-refractivity contribution in [1.82, 2.24) is 0 Å². The maximum absolute atomic E-state index is 10.3. The molecular formula is H6AlBBaF2O3. The van der Waals surface area contributed by atoms with Crippen molar-refractivity contribution in [3.05, 3.63) is 0 Å². The Bertz CT molecular complexity index is 36.5. The molecule has 0 fully saturated rings. The predicted octanol–water partition coefficient (Wildman–Crippen LogP) is -2.33. The molecule has 0 unspecified atom stereocenters. The zero-order chi connectivity index (χ0) is 4.99. The molecule has 0 bridgehead atoms. The van der Waals surface area contributed by atoms with Gasteiger partial charge in [0, 0.05) is 0 Å². The second-order valence-electron chi connectivity index (χ2n) is 0.485. The number of hydrogen-bond donors (Lipinski definition) is 1. The van der Waals surface area contributed by atoms with Gasteiger partial charge in [-0.25, -0.2) is 0 Å². The van der Waals surface area contributed by atoms with E-state index in [0.29, 0.717) is 0 Å². The molecule has 0 aliphatic heterocycles. The summed E-state index contributed by atoms with van der Waals surface area (Å²) in [5, 5.41) is 7.47. The van der Waals surface area contributed by atoms with E-state index in [1.165, 1.54) is 0 Å². The van der Waals surface area contributed by atoms with Crippen molar-refractivity contribution in [2.24, 2.45) is 0 Å². The van der Waals surface area contributed by atoms with Crippen molar-refractivity contribution in [3.63, 3.8) is 0 Å². The van der Waals surface area contributed by atoms with E-state index in [-0.39, 0.29) is 66.2 Å². The van der Waals surface area contributed by atoms with Gasteiger partial charge in [-0.05, 0) is 0 Å². The molecule has 0 aromatic rings. The first-order chi connectivity index (χ1) is 2.81. The van der Waals surface area contributed by atoms with Gasteiger partial charge in [0.15, 0.2) is 17.4 Å². The molecule has 8 heavy (non-hydrogen) atoms. The topological polar surface area (TPSA) is 38.7 Å². The van der Waals surface area contributed by atoms with Crippen LogP contribution in [0.15, 0.2) is 0 Å². The van der Waals surface area contributed by atoms with Gasteiger partial charge in [0.25, 0.3) is 0 Å². The van der Waals surface area contributed by atoms with Crippen LogP contribution in [-0.4, -0.2) is 78.6 Å². The molecule has 1 N–H and O–H groups in total. The van der Waals surface area contributed by atoms with E-state index in [9.17, 15) is 9.05 Å². The Labute approximate surface area is 95.9 Å². The summed E-state index contributed by atoms with van der Waals surface area (Å²) in [6.07, 6.45) is 0. The summed E-state index contributed by atoms with van der Waals surface area (Å²) >= 11 is 0. The third-order valence-corrected chi connectivity index (χ3v) is 0.152. The molecule has 0 aliphatic rings. The summed E-state index contributed by atoms with van der Waals surface area (Å²) in [5.74, 6) is 0. The van der Waals surface area contributed by atoms with Gasteiger partial charge >= 0.3 is 56.2 Å². The minimum absolute atomic E-state index is 0. The van der Waals surface area contributed by atoms with Gasteiger partial charge in [-0.1, -0.05) is 9.05 Å². The Balaban J connectivity index is -0.000000125. The fraction of sp³-hybridized carbons (Fsp3) is 0. The van der Waals surface area contributed by atoms with Crippen LogP contribution >= 0.6 is 0 Å². The van der Waals surface area contributed by atoms with Gasteiger partial charge in [0.1, 0.15) is 0 Å². The van der Waals surface area contributed by atoms with Crippen molar-refractivity contribution >= 4 is 73.6 Å². The zero-order valence-electron chi connectivity index (χ0n) is 2.60. The average molecular weight is 267 g/mol. The molecule has 0 aromatic carbocycles. The normalized spacial score (nSPS) is 6.38. The molecule has 0 saturated carbocycles. The SMILES string of the molecule is OB(OF)OF.[AlH3].[BaH2]. The summed E-state index contributed by atoms with van der Waals surface area (Å²) in [6.45, 7) is 0. The first-order valence-corrected chi connectivity index (χ1v) is 1.04. The monoisotopic (exact) mass is 268 g/mol. The summed E-state index contributed by atoms with van der Waals surface area (Å²) in [6, 6.07) is 0. The fourth-order valence-corrected chi connectivity index (χ4v) is 0.0137. The van der Waals surface area contributed by atoms with Crippen LogP contribution in [0.5, 0.6) is 0 Å². The molecule has 0 atom stereocenters. The zero-order valence-corrected chi connectivity index (χ0v) is 2.60. The molecule has 0 aliphatic carbocycles. The molecule has 0 heterocycles. The van der Waals surface area contributed by atoms with Crippen LogP contribution in [0.1, 0.15) is 0 Å². The van der Waals surface area contributed by atoms with Gasteiger partial charge in [-0.15, -0.1) is 0 Å². The van der Waals surface area contributed by atoms with E-state index in [1.54, 1.807) is 0 Å². The second kappa shape index (κ2) is 11.7. The second-order valence-corrected chi connectivity index (χ2v) is 0.485. The van der Waals surface area contributed by atoms with Crippen LogP contribution in [0.4, 0.5) is 9.05 Å². The summed E-state index contributed by atoms with van der Waals surface area (Å²) in [7, 11) is -2.40. The average Bonchev–Trinajstić information content (AvgIpc) is 1.65. The van der Waals surface area contributed by atoms with Crippen LogP contribution in [0.2, 0.25) is 0 Å². The van der Waals surface area contributed by atoms with Crippen LogP contribution in [0.25, 0.3) is 0 Å². The Morgan fingerprint density at radius 1 is 1.25 bits per heavy atom. The van der Waals surface area contributed by atoms with Gasteiger partial charge < -0.3 is 5.02 Å². The Morgan fingerprint density at radius 2 is 1.50 bits per heavy atom. The van der Waals surface area contributed by atoms with Crippen LogP contribution in [0, 0.1) is 0 Å². The van der Waals surface area contributed by atoms with E-state index in [1.807, 2.05) is 0 Å². The number of rotatable bonds is 2. The van der Waals surface area contributed by atoms with Gasteiger partial charge in [-0.3, -0.25) is 0 Å². The number of hydrogen-bond acceptors (Lipinski definition) is 3. The summed E-state index contributed by atoms with van der Waals surface area (Å²) in [5.41, 5.74) is 0. The molecule has 0 aromatic heterocycles. The van der Waals surface area contributed by atoms with Crippen molar-refractivity contribution < 1.29 is 23.8 Å². The van der Waals surface area contributed by atoms with Crippen molar-refractivity contribution in [1.29, 1.82) is 0 Å². The molecule has 0 saturated heterocycles. The Hall–Kier alpha value is 1.91. The van der Waals surface area contributed by atoms with Crippen molar-refractivity contribution in [2.45, 2.75) is 0 Å². The molecule has 3 nitrogen and oxygen atoms in total. The Morgan fingerprint density at radius 3 is 1.50 bits per heavy atom. The van der Waals surface area contributed by atoms with E-state index < -0.39 is 7.32 Å². The van der Waals surface area contributed by atoms with Crippen molar-refractivity contribution in [2.75, 3.05) is 0 Å². The van der Waals surface area contributed by atoms with Crippen LogP contribution in [0.3, 0.4) is 0 Å². The molecular weight excluding hydrogens is 261 g/mol. The number of halogens is 2. The molecule has 0 rings (SSSR count). The first-order valence-electron chi connectivity index (χ1n) is 1.04. The molecule has 0 radical (unpaired) electrons. The summed E-state index contributed by atoms with van der Waals surface area (Å²) in [4.78, 5) is 4.72. The van der Waals surface area contributed by atoms with Crippen LogP contribution in [-0.2, 0) is 9.72 Å².